The minimum Gasteiger partial charge on any atom is -0.482 e. The molecule has 2 fully saturated rings. The zero-order chi connectivity index (χ0) is 23.9. The fourth-order valence-corrected chi connectivity index (χ4v) is 4.54. The number of nitrogens with zero attached hydrogens (tertiary/aromatic N) is 4. The molecule has 0 spiro atoms. The van der Waals surface area contributed by atoms with Gasteiger partial charge in [0.15, 0.2) is 6.61 Å². The second-order valence-electron chi connectivity index (χ2n) is 8.70. The lowest BCUT2D eigenvalue weighted by atomic mass is 10.1. The predicted molar refractivity (Wildman–Crippen MR) is 128 cm³/mol. The smallest absolute Gasteiger partial charge is 0.414 e. The maximum absolute atomic E-state index is 12.5. The van der Waals surface area contributed by atoms with Crippen LogP contribution >= 0.6 is 0 Å². The summed E-state index contributed by atoms with van der Waals surface area (Å²) in [6, 6.07) is 11.2. The van der Waals surface area contributed by atoms with E-state index in [1.54, 1.807) is 42.5 Å². The number of hydrogen-bond acceptors (Lipinski definition) is 9. The minimum atomic E-state index is -0.404. The maximum atomic E-state index is 12.5. The summed E-state index contributed by atoms with van der Waals surface area (Å²) in [5, 5.41) is 6.26. The van der Waals surface area contributed by atoms with Crippen molar-refractivity contribution >= 4 is 40.1 Å². The molecule has 3 aliphatic rings. The molecule has 0 aliphatic carbocycles. The lowest BCUT2D eigenvalue weighted by Crippen LogP contribution is -2.59. The van der Waals surface area contributed by atoms with Crippen LogP contribution in [0.15, 0.2) is 42.6 Å². The van der Waals surface area contributed by atoms with Gasteiger partial charge in [-0.15, -0.1) is 0 Å². The lowest BCUT2D eigenvalue weighted by Gasteiger charge is -2.41. The van der Waals surface area contributed by atoms with Crippen molar-refractivity contribution < 1.29 is 23.8 Å². The van der Waals surface area contributed by atoms with Gasteiger partial charge in [-0.1, -0.05) is 0 Å². The van der Waals surface area contributed by atoms with Gasteiger partial charge in [0, 0.05) is 43.6 Å². The fourth-order valence-electron chi connectivity index (χ4n) is 4.54. The van der Waals surface area contributed by atoms with Gasteiger partial charge in [0.2, 0.25) is 5.88 Å². The molecule has 11 nitrogen and oxygen atoms in total. The Kier molecular flexibility index (Phi) is 5.25. The highest BCUT2D eigenvalue weighted by Crippen LogP contribution is 2.34. The third kappa shape index (κ3) is 4.03. The van der Waals surface area contributed by atoms with Crippen LogP contribution in [0.25, 0.3) is 11.0 Å². The Hall–Kier alpha value is -4.12. The number of pyridine rings is 2. The first-order valence-corrected chi connectivity index (χ1v) is 11.4. The molecule has 6 rings (SSSR count). The highest BCUT2D eigenvalue weighted by Gasteiger charge is 2.35. The molecule has 1 aromatic carbocycles. The average molecular weight is 476 g/mol. The molecule has 2 N–H and O–H groups in total. The first-order chi connectivity index (χ1) is 17.1. The van der Waals surface area contributed by atoms with Crippen LogP contribution < -0.4 is 29.9 Å². The second kappa shape index (κ2) is 8.58. The van der Waals surface area contributed by atoms with Crippen molar-refractivity contribution in [3.63, 3.8) is 0 Å². The summed E-state index contributed by atoms with van der Waals surface area (Å²) in [5.74, 6) is 0.928. The van der Waals surface area contributed by atoms with Crippen molar-refractivity contribution in [1.29, 1.82) is 0 Å². The Balaban J connectivity index is 1.05. The summed E-state index contributed by atoms with van der Waals surface area (Å²) in [7, 11) is 1.60. The molecule has 5 heterocycles. The number of anilines is 3. The first kappa shape index (κ1) is 21.4. The Morgan fingerprint density at radius 2 is 2.06 bits per heavy atom. The topological polar surface area (TPSA) is 118 Å². The van der Waals surface area contributed by atoms with Crippen molar-refractivity contribution in [3.8, 4) is 11.6 Å². The highest BCUT2D eigenvalue weighted by atomic mass is 16.6. The van der Waals surface area contributed by atoms with E-state index < -0.39 is 6.09 Å². The van der Waals surface area contributed by atoms with Gasteiger partial charge in [-0.2, -0.15) is 0 Å². The number of ether oxygens (including phenoxy) is 3. The number of benzene rings is 1. The number of aromatic nitrogens is 2. The number of cyclic esters (lactones) is 1. The number of carbonyl (C=O) groups excluding carboxylic acids is 2. The summed E-state index contributed by atoms with van der Waals surface area (Å²) >= 11 is 0. The SMILES string of the molecule is COc1ccc2nccc(N3CC(NC[C@@H]4CN(c5ccc6c(c5)NC(=O)CO6)C(=O)O4)C3)c2n1. The standard InChI is InChI=1S/C24H24N6O5/c1-33-22-5-3-17-23(28-22)19(6-7-25-17)29-10-14(11-29)26-9-16-12-30(24(32)35-16)15-2-4-20-18(8-15)27-21(31)13-34-20/h2-8,14,16,26H,9-13H2,1H3,(H,27,31)/t16-/m1/s1. The monoisotopic (exact) mass is 476 g/mol. The molecule has 0 bridgehead atoms. The van der Waals surface area contributed by atoms with E-state index in [1.807, 2.05) is 12.1 Å². The fraction of sp³-hybridized carbons (Fsp3) is 0.333. The van der Waals surface area contributed by atoms with Gasteiger partial charge in [0.25, 0.3) is 5.91 Å². The number of hydrogen-bond donors (Lipinski definition) is 2. The molecule has 2 amide bonds. The molecule has 3 aromatic rings. The van der Waals surface area contributed by atoms with Crippen LogP contribution in [0.1, 0.15) is 0 Å². The van der Waals surface area contributed by atoms with Crippen LogP contribution in [0.3, 0.4) is 0 Å². The third-order valence-electron chi connectivity index (χ3n) is 6.38. The molecule has 0 saturated carbocycles. The van der Waals surface area contributed by atoms with E-state index in [0.29, 0.717) is 36.1 Å². The van der Waals surface area contributed by atoms with Gasteiger partial charge in [0.1, 0.15) is 17.4 Å². The van der Waals surface area contributed by atoms with E-state index in [2.05, 4.69) is 25.5 Å². The minimum absolute atomic E-state index is 0.00741. The molecular weight excluding hydrogens is 452 g/mol. The van der Waals surface area contributed by atoms with Gasteiger partial charge in [-0.25, -0.2) is 9.78 Å². The average Bonchev–Trinajstić information content (AvgIpc) is 3.22. The van der Waals surface area contributed by atoms with Gasteiger partial charge >= 0.3 is 6.09 Å². The largest absolute Gasteiger partial charge is 0.482 e. The summed E-state index contributed by atoms with van der Waals surface area (Å²) in [6.45, 7) is 2.59. The van der Waals surface area contributed by atoms with E-state index in [-0.39, 0.29) is 24.7 Å². The maximum Gasteiger partial charge on any atom is 0.414 e. The Morgan fingerprint density at radius 1 is 1.17 bits per heavy atom. The van der Waals surface area contributed by atoms with Crippen LogP contribution in [-0.4, -0.2) is 74.0 Å². The molecule has 0 unspecified atom stereocenters. The van der Waals surface area contributed by atoms with Crippen molar-refractivity contribution in [3.05, 3.63) is 42.6 Å². The normalized spacial score (nSPS) is 19.6. The van der Waals surface area contributed by atoms with Gasteiger partial charge < -0.3 is 29.7 Å². The van der Waals surface area contributed by atoms with Crippen LogP contribution in [0, 0.1) is 0 Å². The number of amides is 2. The van der Waals surface area contributed by atoms with Gasteiger partial charge in [-0.3, -0.25) is 14.7 Å². The van der Waals surface area contributed by atoms with Crippen LogP contribution in [0.5, 0.6) is 11.6 Å². The Bertz CT molecular complexity index is 1310. The molecule has 0 radical (unpaired) electrons. The number of carbonyl (C=O) groups is 2. The summed E-state index contributed by atoms with van der Waals surface area (Å²) < 4.78 is 16.2. The third-order valence-corrected chi connectivity index (χ3v) is 6.38. The zero-order valence-electron chi connectivity index (χ0n) is 19.1. The molecule has 2 aromatic heterocycles. The number of methoxy groups -OCH3 is 1. The second-order valence-corrected chi connectivity index (χ2v) is 8.70. The Labute approximate surface area is 201 Å². The quantitative estimate of drug-likeness (QED) is 0.549. The van der Waals surface area contributed by atoms with Crippen LogP contribution in [-0.2, 0) is 9.53 Å². The molecular formula is C24H24N6O5. The summed E-state index contributed by atoms with van der Waals surface area (Å²) in [4.78, 5) is 36.9. The molecule has 11 heteroatoms. The van der Waals surface area contributed by atoms with E-state index in [4.69, 9.17) is 14.2 Å². The molecule has 3 aliphatic heterocycles. The van der Waals surface area contributed by atoms with E-state index in [1.165, 1.54) is 0 Å². The van der Waals surface area contributed by atoms with E-state index >= 15 is 0 Å². The zero-order valence-corrected chi connectivity index (χ0v) is 19.1. The number of rotatable bonds is 6. The molecule has 180 valence electrons. The first-order valence-electron chi connectivity index (χ1n) is 11.4. The molecule has 1 atom stereocenters. The van der Waals surface area contributed by atoms with Crippen LogP contribution in [0.2, 0.25) is 0 Å². The number of nitrogens with one attached hydrogen (secondary N) is 2. The summed E-state index contributed by atoms with van der Waals surface area (Å²) in [5.41, 5.74) is 3.87. The highest BCUT2D eigenvalue weighted by molar-refractivity contribution is 5.97. The molecule has 2 saturated heterocycles. The predicted octanol–water partition coefficient (Wildman–Crippen LogP) is 1.77. The van der Waals surface area contributed by atoms with Crippen LogP contribution in [0.4, 0.5) is 21.9 Å². The lowest BCUT2D eigenvalue weighted by molar-refractivity contribution is -0.118. The molecule has 35 heavy (non-hydrogen) atoms. The van der Waals surface area contributed by atoms with Crippen molar-refractivity contribution in [1.82, 2.24) is 15.3 Å². The Morgan fingerprint density at radius 3 is 2.91 bits per heavy atom. The van der Waals surface area contributed by atoms with Crippen molar-refractivity contribution in [2.75, 3.05) is 55.0 Å². The van der Waals surface area contributed by atoms with Gasteiger partial charge in [0.05, 0.1) is 30.5 Å². The van der Waals surface area contributed by atoms with E-state index in [0.717, 1.165) is 29.8 Å². The van der Waals surface area contributed by atoms with Crippen molar-refractivity contribution in [2.45, 2.75) is 12.1 Å². The van der Waals surface area contributed by atoms with E-state index in [9.17, 15) is 9.59 Å². The van der Waals surface area contributed by atoms with Gasteiger partial charge in [-0.05, 0) is 30.3 Å². The number of fused-ring (bicyclic) bond motifs is 2. The van der Waals surface area contributed by atoms with Crippen molar-refractivity contribution in [2.24, 2.45) is 0 Å². The summed E-state index contributed by atoms with van der Waals surface area (Å²) in [6.07, 6.45) is 1.11.